The van der Waals surface area contributed by atoms with Gasteiger partial charge in [0.2, 0.25) is 0 Å². The second kappa shape index (κ2) is 3.92. The summed E-state index contributed by atoms with van der Waals surface area (Å²) in [6.07, 6.45) is 1.97. The van der Waals surface area contributed by atoms with Gasteiger partial charge in [0.15, 0.2) is 0 Å². The van der Waals surface area contributed by atoms with E-state index in [4.69, 9.17) is 5.73 Å². The Morgan fingerprint density at radius 1 is 1.35 bits per heavy atom. The highest BCUT2D eigenvalue weighted by molar-refractivity contribution is 7.95. The van der Waals surface area contributed by atoms with Crippen molar-refractivity contribution < 1.29 is 8.42 Å². The maximum atomic E-state index is 11.5. The van der Waals surface area contributed by atoms with E-state index in [-0.39, 0.29) is 5.70 Å². The highest BCUT2D eigenvalue weighted by atomic mass is 32.2. The first kappa shape index (κ1) is 11.7. The lowest BCUT2D eigenvalue weighted by Crippen LogP contribution is -2.19. The molecule has 0 saturated carbocycles. The molecular formula is C12H14N2O2S. The fourth-order valence-electron chi connectivity index (χ4n) is 1.82. The number of nitrogens with two attached hydrogens (primary N) is 1. The lowest BCUT2D eigenvalue weighted by molar-refractivity contribution is 0.609. The van der Waals surface area contributed by atoms with Gasteiger partial charge in [-0.15, -0.1) is 0 Å². The molecule has 0 bridgehead atoms. The maximum Gasteiger partial charge on any atom is 0.257 e. The molecule has 4 nitrogen and oxygen atoms in total. The van der Waals surface area contributed by atoms with Gasteiger partial charge in [0.05, 0.1) is 16.8 Å². The van der Waals surface area contributed by atoms with Gasteiger partial charge in [0, 0.05) is 5.56 Å². The van der Waals surface area contributed by atoms with Gasteiger partial charge in [-0.1, -0.05) is 23.8 Å². The number of sulfonamides is 1. The Kier molecular flexibility index (Phi) is 2.71. The Labute approximate surface area is 101 Å². The molecule has 1 aromatic carbocycles. The van der Waals surface area contributed by atoms with Crippen molar-refractivity contribution >= 4 is 27.5 Å². The quantitative estimate of drug-likeness (QED) is 0.802. The zero-order valence-corrected chi connectivity index (χ0v) is 10.5. The standard InChI is InChI=1S/C12H14N2O2S/c1-8(2)6-9-4-3-5-11-12(9)10(13)7-17(15,16)14-11/h3-7,14H,13H2,1-2H3. The van der Waals surface area contributed by atoms with Gasteiger partial charge in [0.1, 0.15) is 0 Å². The molecule has 1 aliphatic heterocycles. The lowest BCUT2D eigenvalue weighted by Gasteiger charge is -2.19. The maximum absolute atomic E-state index is 11.5. The molecule has 0 aromatic heterocycles. The van der Waals surface area contributed by atoms with Gasteiger partial charge in [-0.2, -0.15) is 0 Å². The van der Waals surface area contributed by atoms with Gasteiger partial charge in [-0.25, -0.2) is 8.42 Å². The van der Waals surface area contributed by atoms with Crippen LogP contribution in [0.25, 0.3) is 11.8 Å². The molecule has 1 aliphatic rings. The van der Waals surface area contributed by atoms with Crippen LogP contribution in [0.1, 0.15) is 25.0 Å². The monoisotopic (exact) mass is 250 g/mol. The number of hydrogen-bond donors (Lipinski definition) is 2. The summed E-state index contributed by atoms with van der Waals surface area (Å²) in [5, 5.41) is 1.05. The van der Waals surface area contributed by atoms with Crippen LogP contribution in [-0.2, 0) is 10.0 Å². The molecule has 0 atom stereocenters. The zero-order chi connectivity index (χ0) is 12.6. The molecule has 0 unspecified atom stereocenters. The molecule has 90 valence electrons. The van der Waals surface area contributed by atoms with Gasteiger partial charge in [-0.3, -0.25) is 4.72 Å². The van der Waals surface area contributed by atoms with E-state index in [0.29, 0.717) is 5.69 Å². The predicted molar refractivity (Wildman–Crippen MR) is 70.5 cm³/mol. The van der Waals surface area contributed by atoms with Crippen LogP contribution in [0.3, 0.4) is 0 Å². The van der Waals surface area contributed by atoms with Crippen LogP contribution in [-0.4, -0.2) is 8.42 Å². The molecule has 1 aromatic rings. The van der Waals surface area contributed by atoms with Crippen molar-refractivity contribution in [3.8, 4) is 0 Å². The molecule has 0 amide bonds. The van der Waals surface area contributed by atoms with E-state index in [1.165, 1.54) is 0 Å². The fraction of sp³-hybridized carbons (Fsp3) is 0.167. The van der Waals surface area contributed by atoms with Crippen molar-refractivity contribution in [2.45, 2.75) is 13.8 Å². The van der Waals surface area contributed by atoms with Gasteiger partial charge in [-0.05, 0) is 25.5 Å². The smallest absolute Gasteiger partial charge is 0.257 e. The van der Waals surface area contributed by atoms with Crippen molar-refractivity contribution in [1.29, 1.82) is 0 Å². The van der Waals surface area contributed by atoms with Crippen molar-refractivity contribution in [3.05, 3.63) is 40.3 Å². The minimum Gasteiger partial charge on any atom is -0.398 e. The SMILES string of the molecule is CC(C)=Cc1cccc2c1C(N)=CS(=O)(=O)N2. The summed E-state index contributed by atoms with van der Waals surface area (Å²) in [4.78, 5) is 0. The van der Waals surface area contributed by atoms with E-state index >= 15 is 0 Å². The minimum atomic E-state index is -3.45. The van der Waals surface area contributed by atoms with Crippen LogP contribution < -0.4 is 10.5 Å². The third-order valence-corrected chi connectivity index (χ3v) is 3.43. The molecule has 0 radical (unpaired) electrons. The Hall–Kier alpha value is -1.75. The van der Waals surface area contributed by atoms with E-state index < -0.39 is 10.0 Å². The molecule has 0 saturated heterocycles. The summed E-state index contributed by atoms with van der Waals surface area (Å²) in [6.45, 7) is 3.96. The molecule has 0 spiro atoms. The summed E-state index contributed by atoms with van der Waals surface area (Å²) in [5.74, 6) is 0. The normalized spacial score (nSPS) is 16.5. The van der Waals surface area contributed by atoms with Crippen LogP contribution in [0.5, 0.6) is 0 Å². The first-order valence-corrected chi connectivity index (χ1v) is 6.72. The third-order valence-electron chi connectivity index (χ3n) is 2.36. The highest BCUT2D eigenvalue weighted by Gasteiger charge is 2.20. The number of anilines is 1. The van der Waals surface area contributed by atoms with Crippen molar-refractivity contribution in [3.63, 3.8) is 0 Å². The topological polar surface area (TPSA) is 72.2 Å². The summed E-state index contributed by atoms with van der Waals surface area (Å²) >= 11 is 0. The van der Waals surface area contributed by atoms with E-state index in [0.717, 1.165) is 22.1 Å². The summed E-state index contributed by atoms with van der Waals surface area (Å²) in [7, 11) is -3.45. The van der Waals surface area contributed by atoms with Crippen molar-refractivity contribution in [1.82, 2.24) is 0 Å². The third kappa shape index (κ3) is 2.34. The summed E-state index contributed by atoms with van der Waals surface area (Å²) < 4.78 is 25.4. The molecule has 2 rings (SSSR count). The second-order valence-corrected chi connectivity index (χ2v) is 5.74. The van der Waals surface area contributed by atoms with Crippen LogP contribution in [0.4, 0.5) is 5.69 Å². The van der Waals surface area contributed by atoms with Crippen molar-refractivity contribution in [2.24, 2.45) is 5.73 Å². The first-order chi connectivity index (χ1) is 7.89. The lowest BCUT2D eigenvalue weighted by atomic mass is 10.0. The Morgan fingerprint density at radius 3 is 2.71 bits per heavy atom. The summed E-state index contributed by atoms with van der Waals surface area (Å²) in [5.41, 5.74) is 9.39. The molecule has 0 fully saturated rings. The van der Waals surface area contributed by atoms with E-state index in [1.54, 1.807) is 12.1 Å². The predicted octanol–water partition coefficient (Wildman–Crippen LogP) is 2.12. The van der Waals surface area contributed by atoms with Crippen LogP contribution in [0, 0.1) is 0 Å². The van der Waals surface area contributed by atoms with Gasteiger partial charge >= 0.3 is 0 Å². The Bertz CT molecular complexity index is 624. The summed E-state index contributed by atoms with van der Waals surface area (Å²) in [6, 6.07) is 5.41. The highest BCUT2D eigenvalue weighted by Crippen LogP contribution is 2.31. The number of allylic oxidation sites excluding steroid dienone is 1. The molecule has 1 heterocycles. The van der Waals surface area contributed by atoms with E-state index in [1.807, 2.05) is 26.0 Å². The number of nitrogens with one attached hydrogen (secondary N) is 1. The molecule has 0 aliphatic carbocycles. The number of fused-ring (bicyclic) bond motifs is 1. The number of rotatable bonds is 1. The first-order valence-electron chi connectivity index (χ1n) is 5.17. The van der Waals surface area contributed by atoms with E-state index in [9.17, 15) is 8.42 Å². The van der Waals surface area contributed by atoms with Gasteiger partial charge in [0.25, 0.3) is 10.0 Å². The molecule has 5 heteroatoms. The average molecular weight is 250 g/mol. The van der Waals surface area contributed by atoms with Crippen molar-refractivity contribution in [2.75, 3.05) is 4.72 Å². The Morgan fingerprint density at radius 2 is 2.06 bits per heavy atom. The minimum absolute atomic E-state index is 0.270. The average Bonchev–Trinajstić information content (AvgIpc) is 2.13. The number of hydrogen-bond acceptors (Lipinski definition) is 3. The molecule has 3 N–H and O–H groups in total. The molecular weight excluding hydrogens is 236 g/mol. The largest absolute Gasteiger partial charge is 0.398 e. The van der Waals surface area contributed by atoms with Gasteiger partial charge < -0.3 is 5.73 Å². The van der Waals surface area contributed by atoms with Crippen LogP contribution in [0.2, 0.25) is 0 Å². The second-order valence-electron chi connectivity index (χ2n) is 4.21. The number of benzene rings is 1. The van der Waals surface area contributed by atoms with Crippen LogP contribution in [0.15, 0.2) is 29.2 Å². The van der Waals surface area contributed by atoms with Crippen LogP contribution >= 0.6 is 0 Å². The zero-order valence-electron chi connectivity index (χ0n) is 9.69. The Balaban J connectivity index is 2.69. The van der Waals surface area contributed by atoms with E-state index in [2.05, 4.69) is 4.72 Å². The molecule has 17 heavy (non-hydrogen) atoms. The fourth-order valence-corrected chi connectivity index (χ4v) is 2.81.